The Morgan fingerprint density at radius 2 is 1.46 bits per heavy atom. The number of carbonyl (C=O) groups is 1. The van der Waals surface area contributed by atoms with Crippen LogP contribution in [0.4, 0.5) is 4.79 Å². The highest BCUT2D eigenvalue weighted by Crippen LogP contribution is 2.30. The van der Waals surface area contributed by atoms with E-state index in [0.29, 0.717) is 0 Å². The molecule has 3 fully saturated rings. The average molecular weight is 205 g/mol. The van der Waals surface area contributed by atoms with Gasteiger partial charge in [0.15, 0.2) is 0 Å². The van der Waals surface area contributed by atoms with Gasteiger partial charge < -0.3 is 11.1 Å². The maximum Gasteiger partial charge on any atom is 0.311 e. The van der Waals surface area contributed by atoms with Gasteiger partial charge in [-0.1, -0.05) is 0 Å². The molecule has 0 aromatic rings. The molecule has 2 heterocycles. The van der Waals surface area contributed by atoms with Crippen LogP contribution in [0.15, 0.2) is 0 Å². The standard InChI is InChI=1S/C8H15N.CH2ClNO/c1-2-8-4-3-7(1)5-9-6-8;2-1(3)4/h7-9H,1-6H2;(H2,3,4). The molecule has 0 aromatic heterocycles. The number of carbonyl (C=O) groups excluding carboxylic acids is 1. The van der Waals surface area contributed by atoms with Gasteiger partial charge in [0.2, 0.25) is 0 Å². The van der Waals surface area contributed by atoms with Crippen molar-refractivity contribution in [2.45, 2.75) is 25.7 Å². The van der Waals surface area contributed by atoms with Gasteiger partial charge in [0.05, 0.1) is 0 Å². The molecular weight excluding hydrogens is 188 g/mol. The molecule has 76 valence electrons. The quantitative estimate of drug-likeness (QED) is 0.466. The van der Waals surface area contributed by atoms with Crippen LogP contribution in [0, 0.1) is 11.8 Å². The van der Waals surface area contributed by atoms with Gasteiger partial charge in [-0.05, 0) is 62.2 Å². The second kappa shape index (κ2) is 5.45. The van der Waals surface area contributed by atoms with Gasteiger partial charge in [-0.15, -0.1) is 0 Å². The molecular formula is C9H17ClN2O. The van der Waals surface area contributed by atoms with Gasteiger partial charge in [0, 0.05) is 0 Å². The number of amides is 1. The van der Waals surface area contributed by atoms with Crippen molar-refractivity contribution >= 4 is 17.0 Å². The molecule has 3 rings (SSSR count). The summed E-state index contributed by atoms with van der Waals surface area (Å²) >= 11 is 4.41. The molecule has 4 heteroatoms. The van der Waals surface area contributed by atoms with E-state index < -0.39 is 5.37 Å². The third kappa shape index (κ3) is 4.48. The number of primary amides is 1. The number of halogens is 1. The summed E-state index contributed by atoms with van der Waals surface area (Å²) in [6.45, 7) is 2.60. The van der Waals surface area contributed by atoms with E-state index in [1.165, 1.54) is 38.8 Å². The first-order valence-corrected chi connectivity index (χ1v) is 5.22. The lowest BCUT2D eigenvalue weighted by atomic mass is 9.84. The largest absolute Gasteiger partial charge is 0.356 e. The summed E-state index contributed by atoms with van der Waals surface area (Å²) in [6.07, 6.45) is 5.99. The number of hydrogen-bond donors (Lipinski definition) is 2. The van der Waals surface area contributed by atoms with Crippen LogP contribution in [0.1, 0.15) is 25.7 Å². The fourth-order valence-corrected chi connectivity index (χ4v) is 2.13. The summed E-state index contributed by atoms with van der Waals surface area (Å²) in [6, 6.07) is 0. The summed E-state index contributed by atoms with van der Waals surface area (Å²) in [5.74, 6) is 2.06. The van der Waals surface area contributed by atoms with Gasteiger partial charge in [0.25, 0.3) is 0 Å². The molecule has 2 bridgehead atoms. The predicted octanol–water partition coefficient (Wildman–Crippen LogP) is 1.70. The predicted molar refractivity (Wildman–Crippen MR) is 53.8 cm³/mol. The number of rotatable bonds is 0. The Morgan fingerprint density at radius 1 is 1.15 bits per heavy atom. The molecule has 0 atom stereocenters. The number of fused-ring (bicyclic) bond motifs is 4. The first kappa shape index (κ1) is 10.8. The molecule has 3 nitrogen and oxygen atoms in total. The smallest absolute Gasteiger partial charge is 0.311 e. The van der Waals surface area contributed by atoms with Crippen molar-refractivity contribution in [1.82, 2.24) is 5.32 Å². The maximum atomic E-state index is 8.99. The van der Waals surface area contributed by atoms with Crippen LogP contribution in [-0.4, -0.2) is 18.5 Å². The molecule has 0 aromatic carbocycles. The Hall–Kier alpha value is -0.280. The highest BCUT2D eigenvalue weighted by atomic mass is 35.5. The van der Waals surface area contributed by atoms with Gasteiger partial charge >= 0.3 is 5.37 Å². The summed E-state index contributed by atoms with van der Waals surface area (Å²) in [5, 5.41) is 2.65. The third-order valence-electron chi connectivity index (χ3n) is 2.83. The van der Waals surface area contributed by atoms with Crippen LogP contribution >= 0.6 is 11.6 Å². The second-order valence-corrected chi connectivity index (χ2v) is 4.22. The van der Waals surface area contributed by atoms with E-state index in [2.05, 4.69) is 22.7 Å². The SMILES string of the molecule is C1CC2CCC1CNC2.NC(=O)Cl. The number of hydrogen-bond acceptors (Lipinski definition) is 2. The Kier molecular flexibility index (Phi) is 4.53. The monoisotopic (exact) mass is 204 g/mol. The molecule has 0 spiro atoms. The Balaban J connectivity index is 0.000000184. The summed E-state index contributed by atoms with van der Waals surface area (Å²) < 4.78 is 0. The molecule has 13 heavy (non-hydrogen) atoms. The van der Waals surface area contributed by atoms with Gasteiger partial charge in [0.1, 0.15) is 0 Å². The van der Waals surface area contributed by atoms with Crippen LogP contribution in [0.25, 0.3) is 0 Å². The molecule has 1 saturated carbocycles. The first-order valence-electron chi connectivity index (χ1n) is 4.84. The molecule has 1 aliphatic carbocycles. The van der Waals surface area contributed by atoms with Crippen molar-refractivity contribution in [3.63, 3.8) is 0 Å². The zero-order valence-electron chi connectivity index (χ0n) is 7.76. The topological polar surface area (TPSA) is 55.1 Å². The van der Waals surface area contributed by atoms with Crippen molar-refractivity contribution in [3.8, 4) is 0 Å². The van der Waals surface area contributed by atoms with Gasteiger partial charge in [-0.2, -0.15) is 0 Å². The van der Waals surface area contributed by atoms with Crippen molar-refractivity contribution in [2.75, 3.05) is 13.1 Å². The fourth-order valence-electron chi connectivity index (χ4n) is 2.13. The zero-order chi connectivity index (χ0) is 9.68. The third-order valence-corrected chi connectivity index (χ3v) is 2.83. The van der Waals surface area contributed by atoms with E-state index in [-0.39, 0.29) is 0 Å². The molecule has 0 unspecified atom stereocenters. The van der Waals surface area contributed by atoms with Crippen LogP contribution in [-0.2, 0) is 0 Å². The van der Waals surface area contributed by atoms with E-state index in [9.17, 15) is 0 Å². The zero-order valence-corrected chi connectivity index (χ0v) is 8.52. The Morgan fingerprint density at radius 3 is 1.77 bits per heavy atom. The summed E-state index contributed by atoms with van der Waals surface area (Å²) in [7, 11) is 0. The van der Waals surface area contributed by atoms with E-state index in [4.69, 9.17) is 4.79 Å². The van der Waals surface area contributed by atoms with Crippen molar-refractivity contribution in [3.05, 3.63) is 0 Å². The lowest BCUT2D eigenvalue weighted by Gasteiger charge is -2.21. The molecule has 0 radical (unpaired) electrons. The highest BCUT2D eigenvalue weighted by molar-refractivity contribution is 6.62. The normalized spacial score (nSPS) is 31.5. The van der Waals surface area contributed by atoms with Crippen molar-refractivity contribution in [2.24, 2.45) is 17.6 Å². The van der Waals surface area contributed by atoms with Crippen molar-refractivity contribution < 1.29 is 4.79 Å². The second-order valence-electron chi connectivity index (χ2n) is 3.85. The maximum absolute atomic E-state index is 8.99. The van der Waals surface area contributed by atoms with E-state index in [1.807, 2.05) is 0 Å². The van der Waals surface area contributed by atoms with Crippen LogP contribution in [0.3, 0.4) is 0 Å². The molecule has 3 N–H and O–H groups in total. The average Bonchev–Trinajstić information content (AvgIpc) is 2.38. The van der Waals surface area contributed by atoms with Crippen LogP contribution in [0.5, 0.6) is 0 Å². The van der Waals surface area contributed by atoms with E-state index in [1.54, 1.807) is 0 Å². The van der Waals surface area contributed by atoms with Crippen LogP contribution in [0.2, 0.25) is 0 Å². The minimum atomic E-state index is -0.861. The Labute approximate surface area is 84.0 Å². The first-order chi connectivity index (χ1) is 6.18. The Bertz CT molecular complexity index is 145. The van der Waals surface area contributed by atoms with Gasteiger partial charge in [-0.3, -0.25) is 4.79 Å². The highest BCUT2D eigenvalue weighted by Gasteiger charge is 2.23. The number of nitrogens with two attached hydrogens (primary N) is 1. The fraction of sp³-hybridized carbons (Fsp3) is 0.889. The van der Waals surface area contributed by atoms with Crippen molar-refractivity contribution in [1.29, 1.82) is 0 Å². The lowest BCUT2D eigenvalue weighted by molar-refractivity contribution is 0.266. The number of nitrogens with one attached hydrogen (secondary N) is 1. The lowest BCUT2D eigenvalue weighted by Crippen LogP contribution is -2.19. The van der Waals surface area contributed by atoms with Crippen LogP contribution < -0.4 is 11.1 Å². The minimum absolute atomic E-state index is 0.861. The van der Waals surface area contributed by atoms with E-state index in [0.717, 1.165) is 11.8 Å². The van der Waals surface area contributed by atoms with E-state index >= 15 is 0 Å². The molecule has 1 amide bonds. The molecule has 2 aliphatic heterocycles. The minimum Gasteiger partial charge on any atom is -0.356 e. The summed E-state index contributed by atoms with van der Waals surface area (Å²) in [4.78, 5) is 8.99. The molecule has 2 saturated heterocycles. The summed E-state index contributed by atoms with van der Waals surface area (Å²) in [5.41, 5.74) is 4.24. The molecule has 3 aliphatic rings. The van der Waals surface area contributed by atoms with Gasteiger partial charge in [-0.25, -0.2) is 0 Å².